The molecule has 1 amide bonds. The fourth-order valence-electron chi connectivity index (χ4n) is 4.57. The van der Waals surface area contributed by atoms with Crippen molar-refractivity contribution in [1.82, 2.24) is 10.2 Å². The Bertz CT molecular complexity index is 1260. The maximum atomic E-state index is 13.0. The summed E-state index contributed by atoms with van der Waals surface area (Å²) in [7, 11) is -3.71. The molecule has 1 N–H and O–H groups in total. The standard InChI is InChI=1S/C29H35N3O4S/c1-23(29(33)30-21-24-11-13-25(14-12-24)22-31-19-7-4-8-20-31)32(37(2,34)35)26-15-17-28(18-16-26)36-27-9-5-3-6-10-27/h3,5-6,9-18,23H,4,7-8,19-22H2,1-2H3,(H,30,33). The number of nitrogens with zero attached hydrogens (tertiary/aromatic N) is 2. The summed E-state index contributed by atoms with van der Waals surface area (Å²) in [5, 5.41) is 2.89. The quantitative estimate of drug-likeness (QED) is 0.409. The molecule has 3 aromatic carbocycles. The Morgan fingerprint density at radius 3 is 2.11 bits per heavy atom. The molecule has 0 saturated carbocycles. The molecule has 0 radical (unpaired) electrons. The van der Waals surface area contributed by atoms with E-state index in [-0.39, 0.29) is 5.91 Å². The van der Waals surface area contributed by atoms with Gasteiger partial charge in [-0.05, 0) is 80.4 Å². The Labute approximate surface area is 220 Å². The fraction of sp³-hybridized carbons (Fsp3) is 0.345. The number of amides is 1. The second kappa shape index (κ2) is 12.3. The first-order chi connectivity index (χ1) is 17.8. The van der Waals surface area contributed by atoms with Crippen molar-refractivity contribution in [3.63, 3.8) is 0 Å². The van der Waals surface area contributed by atoms with Crippen molar-refractivity contribution in [3.8, 4) is 11.5 Å². The van der Waals surface area contributed by atoms with Crippen molar-refractivity contribution in [3.05, 3.63) is 90.0 Å². The average Bonchev–Trinajstić information content (AvgIpc) is 2.89. The van der Waals surface area contributed by atoms with Crippen LogP contribution < -0.4 is 14.4 Å². The highest BCUT2D eigenvalue weighted by Crippen LogP contribution is 2.27. The molecule has 196 valence electrons. The van der Waals surface area contributed by atoms with Crippen LogP contribution in [0.3, 0.4) is 0 Å². The SMILES string of the molecule is CC(C(=O)NCc1ccc(CN2CCCCC2)cc1)N(c1ccc(Oc2ccccc2)cc1)S(C)(=O)=O. The molecule has 4 rings (SSSR count). The van der Waals surface area contributed by atoms with E-state index in [4.69, 9.17) is 4.74 Å². The second-order valence-corrected chi connectivity index (χ2v) is 11.4. The van der Waals surface area contributed by atoms with Gasteiger partial charge in [0.2, 0.25) is 15.9 Å². The second-order valence-electron chi connectivity index (χ2n) is 9.51. The lowest BCUT2D eigenvalue weighted by Gasteiger charge is -2.28. The molecule has 1 fully saturated rings. The smallest absolute Gasteiger partial charge is 0.243 e. The molecule has 0 aromatic heterocycles. The van der Waals surface area contributed by atoms with Gasteiger partial charge < -0.3 is 10.1 Å². The summed E-state index contributed by atoms with van der Waals surface area (Å²) in [6.45, 7) is 5.16. The number of carbonyl (C=O) groups excluding carboxylic acids is 1. The number of rotatable bonds is 10. The van der Waals surface area contributed by atoms with E-state index in [0.29, 0.717) is 23.7 Å². The topological polar surface area (TPSA) is 79.0 Å². The Kier molecular flexibility index (Phi) is 8.84. The van der Waals surface area contributed by atoms with E-state index in [1.807, 2.05) is 42.5 Å². The molecule has 37 heavy (non-hydrogen) atoms. The Morgan fingerprint density at radius 1 is 0.892 bits per heavy atom. The van der Waals surface area contributed by atoms with Gasteiger partial charge in [0.1, 0.15) is 17.5 Å². The summed E-state index contributed by atoms with van der Waals surface area (Å²) >= 11 is 0. The maximum Gasteiger partial charge on any atom is 0.243 e. The van der Waals surface area contributed by atoms with Crippen LogP contribution in [0.1, 0.15) is 37.3 Å². The van der Waals surface area contributed by atoms with Gasteiger partial charge in [-0.3, -0.25) is 14.0 Å². The minimum Gasteiger partial charge on any atom is -0.457 e. The predicted molar refractivity (Wildman–Crippen MR) is 147 cm³/mol. The Hall–Kier alpha value is -3.36. The molecule has 1 aliphatic heterocycles. The number of para-hydroxylation sites is 1. The summed E-state index contributed by atoms with van der Waals surface area (Å²) < 4.78 is 32.2. The third-order valence-corrected chi connectivity index (χ3v) is 7.74. The van der Waals surface area contributed by atoms with Gasteiger partial charge in [-0.2, -0.15) is 0 Å². The molecule has 1 aliphatic rings. The highest BCUT2D eigenvalue weighted by atomic mass is 32.2. The number of benzene rings is 3. The highest BCUT2D eigenvalue weighted by Gasteiger charge is 2.29. The van der Waals surface area contributed by atoms with Crippen LogP contribution in [0, 0.1) is 0 Å². The molecule has 1 unspecified atom stereocenters. The van der Waals surface area contributed by atoms with Crippen LogP contribution in [0.15, 0.2) is 78.9 Å². The fourth-order valence-corrected chi connectivity index (χ4v) is 5.74. The lowest BCUT2D eigenvalue weighted by Crippen LogP contribution is -2.47. The predicted octanol–water partition coefficient (Wildman–Crippen LogP) is 4.94. The number of hydrogen-bond donors (Lipinski definition) is 1. The van der Waals surface area contributed by atoms with Crippen LogP contribution in [0.2, 0.25) is 0 Å². The molecule has 3 aromatic rings. The molecular formula is C29H35N3O4S. The molecule has 8 heteroatoms. The van der Waals surface area contributed by atoms with Gasteiger partial charge in [0.15, 0.2) is 0 Å². The summed E-state index contributed by atoms with van der Waals surface area (Å²) in [6.07, 6.45) is 4.95. The lowest BCUT2D eigenvalue weighted by molar-refractivity contribution is -0.122. The van der Waals surface area contributed by atoms with Crippen LogP contribution in [0.25, 0.3) is 0 Å². The third-order valence-electron chi connectivity index (χ3n) is 6.50. The average molecular weight is 522 g/mol. The van der Waals surface area contributed by atoms with Gasteiger partial charge in [0.05, 0.1) is 11.9 Å². The third kappa shape index (κ3) is 7.57. The molecule has 0 bridgehead atoms. The number of piperidine rings is 1. The maximum absolute atomic E-state index is 13.0. The Balaban J connectivity index is 1.36. The van der Waals surface area contributed by atoms with Crippen molar-refractivity contribution in [2.75, 3.05) is 23.7 Å². The lowest BCUT2D eigenvalue weighted by atomic mass is 10.1. The summed E-state index contributed by atoms with van der Waals surface area (Å²) in [4.78, 5) is 15.4. The molecular weight excluding hydrogens is 486 g/mol. The van der Waals surface area contributed by atoms with Gasteiger partial charge in [-0.15, -0.1) is 0 Å². The number of hydrogen-bond acceptors (Lipinski definition) is 5. The first-order valence-electron chi connectivity index (χ1n) is 12.7. The highest BCUT2D eigenvalue weighted by molar-refractivity contribution is 7.92. The zero-order valence-corrected chi connectivity index (χ0v) is 22.3. The number of nitrogens with one attached hydrogen (secondary N) is 1. The van der Waals surface area contributed by atoms with Gasteiger partial charge in [0.25, 0.3) is 0 Å². The van der Waals surface area contributed by atoms with E-state index >= 15 is 0 Å². The van der Waals surface area contributed by atoms with Crippen LogP contribution >= 0.6 is 0 Å². The number of carbonyl (C=O) groups is 1. The molecule has 1 atom stereocenters. The van der Waals surface area contributed by atoms with Crippen molar-refractivity contribution in [2.45, 2.75) is 45.3 Å². The zero-order valence-electron chi connectivity index (χ0n) is 21.5. The van der Waals surface area contributed by atoms with Crippen molar-refractivity contribution in [2.24, 2.45) is 0 Å². The van der Waals surface area contributed by atoms with E-state index in [1.54, 1.807) is 31.2 Å². The molecule has 0 aliphatic carbocycles. The summed E-state index contributed by atoms with van der Waals surface area (Å²) in [5.41, 5.74) is 2.62. The monoisotopic (exact) mass is 521 g/mol. The van der Waals surface area contributed by atoms with E-state index < -0.39 is 16.1 Å². The van der Waals surface area contributed by atoms with E-state index in [2.05, 4.69) is 22.3 Å². The van der Waals surface area contributed by atoms with Crippen LogP contribution in [-0.4, -0.2) is 44.6 Å². The minimum atomic E-state index is -3.71. The van der Waals surface area contributed by atoms with E-state index in [1.165, 1.54) is 24.8 Å². The van der Waals surface area contributed by atoms with Gasteiger partial charge >= 0.3 is 0 Å². The normalized spacial score (nSPS) is 15.1. The van der Waals surface area contributed by atoms with Crippen molar-refractivity contribution in [1.29, 1.82) is 0 Å². The Morgan fingerprint density at radius 2 is 1.49 bits per heavy atom. The molecule has 0 spiro atoms. The van der Waals surface area contributed by atoms with Crippen molar-refractivity contribution < 1.29 is 17.9 Å². The van der Waals surface area contributed by atoms with Crippen LogP contribution in [0.5, 0.6) is 11.5 Å². The zero-order chi connectivity index (χ0) is 26.3. The van der Waals surface area contributed by atoms with E-state index in [9.17, 15) is 13.2 Å². The number of sulfonamides is 1. The van der Waals surface area contributed by atoms with Crippen LogP contribution in [-0.2, 0) is 27.9 Å². The van der Waals surface area contributed by atoms with E-state index in [0.717, 1.165) is 35.8 Å². The number of ether oxygens (including phenoxy) is 1. The van der Waals surface area contributed by atoms with Gasteiger partial charge in [0, 0.05) is 13.1 Å². The number of likely N-dealkylation sites (tertiary alicyclic amines) is 1. The molecule has 7 nitrogen and oxygen atoms in total. The summed E-state index contributed by atoms with van der Waals surface area (Å²) in [5.74, 6) is 0.888. The summed E-state index contributed by atoms with van der Waals surface area (Å²) in [6, 6.07) is 23.3. The van der Waals surface area contributed by atoms with Gasteiger partial charge in [-0.1, -0.05) is 48.9 Å². The molecule has 1 saturated heterocycles. The van der Waals surface area contributed by atoms with Crippen molar-refractivity contribution >= 4 is 21.6 Å². The van der Waals surface area contributed by atoms with Crippen LogP contribution in [0.4, 0.5) is 5.69 Å². The number of anilines is 1. The minimum absolute atomic E-state index is 0.328. The first kappa shape index (κ1) is 26.7. The first-order valence-corrected chi connectivity index (χ1v) is 14.5. The molecule has 1 heterocycles. The largest absolute Gasteiger partial charge is 0.457 e. The van der Waals surface area contributed by atoms with Gasteiger partial charge in [-0.25, -0.2) is 8.42 Å².